The van der Waals surface area contributed by atoms with E-state index < -0.39 is 0 Å². The van der Waals surface area contributed by atoms with Crippen LogP contribution in [0.4, 0.5) is 0 Å². The maximum atomic E-state index is 5.54. The molecule has 2 N–H and O–H groups in total. The van der Waals surface area contributed by atoms with E-state index in [1.807, 2.05) is 6.33 Å². The molecule has 1 aromatic rings. The molecule has 102 valence electrons. The zero-order valence-corrected chi connectivity index (χ0v) is 11.5. The smallest absolute Gasteiger partial charge is 0.0950 e. The molecule has 0 radical (unpaired) electrons. The van der Waals surface area contributed by atoms with E-state index in [0.29, 0.717) is 6.54 Å². The molecule has 0 aromatic carbocycles. The number of rotatable bonds is 6. The van der Waals surface area contributed by atoms with Crippen molar-refractivity contribution in [2.75, 3.05) is 19.6 Å². The summed E-state index contributed by atoms with van der Waals surface area (Å²) in [5.74, 6) is 0.959. The normalized spacial score (nSPS) is 18.3. The molecule has 0 atom stereocenters. The SMILES string of the molecule is CCCC1CCN(Cc2cn(CCN)cn2)CC1. The van der Waals surface area contributed by atoms with Crippen molar-refractivity contribution in [3.63, 3.8) is 0 Å². The molecule has 18 heavy (non-hydrogen) atoms. The molecule has 1 aliphatic rings. The van der Waals surface area contributed by atoms with Gasteiger partial charge in [-0.15, -0.1) is 0 Å². The van der Waals surface area contributed by atoms with E-state index in [-0.39, 0.29) is 0 Å². The Kier molecular flexibility index (Phi) is 5.20. The Balaban J connectivity index is 1.76. The van der Waals surface area contributed by atoms with Gasteiger partial charge in [-0.1, -0.05) is 19.8 Å². The largest absolute Gasteiger partial charge is 0.336 e. The molecule has 0 saturated carbocycles. The number of hydrogen-bond donors (Lipinski definition) is 1. The standard InChI is InChI=1S/C14H26N4/c1-2-3-13-4-7-17(8-5-13)10-14-11-18(9-6-15)12-16-14/h11-13H,2-10,15H2,1H3. The van der Waals surface area contributed by atoms with Crippen molar-refractivity contribution >= 4 is 0 Å². The lowest BCUT2D eigenvalue weighted by Crippen LogP contribution is -2.33. The maximum Gasteiger partial charge on any atom is 0.0950 e. The van der Waals surface area contributed by atoms with Crippen molar-refractivity contribution in [1.82, 2.24) is 14.5 Å². The van der Waals surface area contributed by atoms with E-state index in [4.69, 9.17) is 5.73 Å². The molecule has 0 bridgehead atoms. The predicted octanol–water partition coefficient (Wildman–Crippen LogP) is 1.85. The Hall–Kier alpha value is -0.870. The third-order valence-corrected chi connectivity index (χ3v) is 3.86. The van der Waals surface area contributed by atoms with Crippen LogP contribution < -0.4 is 5.73 Å². The Bertz CT molecular complexity index is 339. The summed E-state index contributed by atoms with van der Waals surface area (Å²) in [6.07, 6.45) is 9.47. The van der Waals surface area contributed by atoms with Crippen molar-refractivity contribution in [1.29, 1.82) is 0 Å². The molecule has 4 nitrogen and oxygen atoms in total. The average Bonchev–Trinajstić information content (AvgIpc) is 2.80. The number of likely N-dealkylation sites (tertiary alicyclic amines) is 1. The molecule has 0 aliphatic carbocycles. The average molecular weight is 250 g/mol. The highest BCUT2D eigenvalue weighted by atomic mass is 15.1. The third kappa shape index (κ3) is 3.82. The highest BCUT2D eigenvalue weighted by Gasteiger charge is 2.18. The first-order valence-corrected chi connectivity index (χ1v) is 7.25. The summed E-state index contributed by atoms with van der Waals surface area (Å²) in [7, 11) is 0. The molecule has 2 heterocycles. The van der Waals surface area contributed by atoms with Crippen molar-refractivity contribution in [3.05, 3.63) is 18.2 Å². The molecule has 0 unspecified atom stereocenters. The quantitative estimate of drug-likeness (QED) is 0.838. The zero-order chi connectivity index (χ0) is 12.8. The van der Waals surface area contributed by atoms with Gasteiger partial charge in [-0.3, -0.25) is 4.90 Å². The minimum atomic E-state index is 0.679. The Labute approximate surface area is 110 Å². The van der Waals surface area contributed by atoms with Crippen LogP contribution in [0.5, 0.6) is 0 Å². The van der Waals surface area contributed by atoms with Gasteiger partial charge in [-0.2, -0.15) is 0 Å². The Morgan fingerprint density at radius 1 is 1.39 bits per heavy atom. The lowest BCUT2D eigenvalue weighted by molar-refractivity contribution is 0.170. The van der Waals surface area contributed by atoms with Crippen molar-refractivity contribution in [3.8, 4) is 0 Å². The predicted molar refractivity (Wildman–Crippen MR) is 74.2 cm³/mol. The van der Waals surface area contributed by atoms with Gasteiger partial charge >= 0.3 is 0 Å². The summed E-state index contributed by atoms with van der Waals surface area (Å²) in [4.78, 5) is 6.98. The molecule has 4 heteroatoms. The molecule has 2 rings (SSSR count). The Morgan fingerprint density at radius 2 is 2.17 bits per heavy atom. The van der Waals surface area contributed by atoms with Gasteiger partial charge in [0.05, 0.1) is 12.0 Å². The number of aromatic nitrogens is 2. The fourth-order valence-corrected chi connectivity index (χ4v) is 2.83. The van der Waals surface area contributed by atoms with Crippen LogP contribution in [0, 0.1) is 5.92 Å². The van der Waals surface area contributed by atoms with Gasteiger partial charge in [-0.25, -0.2) is 4.98 Å². The van der Waals surface area contributed by atoms with Gasteiger partial charge in [0.1, 0.15) is 0 Å². The van der Waals surface area contributed by atoms with E-state index in [9.17, 15) is 0 Å². The summed E-state index contributed by atoms with van der Waals surface area (Å²) >= 11 is 0. The molecular formula is C14H26N4. The number of hydrogen-bond acceptors (Lipinski definition) is 3. The second kappa shape index (κ2) is 6.90. The summed E-state index contributed by atoms with van der Waals surface area (Å²) in [5, 5.41) is 0. The van der Waals surface area contributed by atoms with E-state index in [2.05, 4.69) is 27.6 Å². The van der Waals surface area contributed by atoms with Gasteiger partial charge < -0.3 is 10.3 Å². The third-order valence-electron chi connectivity index (χ3n) is 3.86. The van der Waals surface area contributed by atoms with Crippen LogP contribution in [-0.2, 0) is 13.1 Å². The lowest BCUT2D eigenvalue weighted by Gasteiger charge is -2.31. The summed E-state index contributed by atoms with van der Waals surface area (Å²) < 4.78 is 2.08. The van der Waals surface area contributed by atoms with Crippen LogP contribution in [0.15, 0.2) is 12.5 Å². The molecule has 0 amide bonds. The van der Waals surface area contributed by atoms with Gasteiger partial charge in [0.15, 0.2) is 0 Å². The number of nitrogens with two attached hydrogens (primary N) is 1. The van der Waals surface area contributed by atoms with Gasteiger partial charge in [-0.05, 0) is 31.8 Å². The molecule has 1 aromatic heterocycles. The number of imidazole rings is 1. The molecular weight excluding hydrogens is 224 g/mol. The summed E-state index contributed by atoms with van der Waals surface area (Å²) in [6.45, 7) is 7.29. The minimum Gasteiger partial charge on any atom is -0.336 e. The first-order valence-electron chi connectivity index (χ1n) is 7.25. The summed E-state index contributed by atoms with van der Waals surface area (Å²) in [5.41, 5.74) is 6.72. The van der Waals surface area contributed by atoms with Crippen LogP contribution in [0.3, 0.4) is 0 Å². The van der Waals surface area contributed by atoms with Crippen molar-refractivity contribution in [2.45, 2.75) is 45.7 Å². The first kappa shape index (κ1) is 13.6. The van der Waals surface area contributed by atoms with Gasteiger partial charge in [0, 0.05) is 25.8 Å². The number of nitrogens with zero attached hydrogens (tertiary/aromatic N) is 3. The molecule has 1 aliphatic heterocycles. The van der Waals surface area contributed by atoms with E-state index in [0.717, 1.165) is 19.0 Å². The minimum absolute atomic E-state index is 0.679. The lowest BCUT2D eigenvalue weighted by atomic mass is 9.92. The topological polar surface area (TPSA) is 47.1 Å². The molecule has 1 saturated heterocycles. The van der Waals surface area contributed by atoms with Gasteiger partial charge in [0.25, 0.3) is 0 Å². The van der Waals surface area contributed by atoms with E-state index in [1.54, 1.807) is 0 Å². The van der Waals surface area contributed by atoms with Crippen LogP contribution >= 0.6 is 0 Å². The fraction of sp³-hybridized carbons (Fsp3) is 0.786. The van der Waals surface area contributed by atoms with Crippen LogP contribution in [0.2, 0.25) is 0 Å². The van der Waals surface area contributed by atoms with Crippen molar-refractivity contribution < 1.29 is 0 Å². The van der Waals surface area contributed by atoms with Crippen LogP contribution in [-0.4, -0.2) is 34.1 Å². The molecule has 0 spiro atoms. The highest BCUT2D eigenvalue weighted by molar-refractivity contribution is 4.97. The second-order valence-electron chi connectivity index (χ2n) is 5.40. The first-order chi connectivity index (χ1) is 8.81. The second-order valence-corrected chi connectivity index (χ2v) is 5.40. The zero-order valence-electron chi connectivity index (χ0n) is 11.5. The van der Waals surface area contributed by atoms with Crippen molar-refractivity contribution in [2.24, 2.45) is 11.7 Å². The van der Waals surface area contributed by atoms with Crippen LogP contribution in [0.25, 0.3) is 0 Å². The van der Waals surface area contributed by atoms with E-state index >= 15 is 0 Å². The van der Waals surface area contributed by atoms with Gasteiger partial charge in [0.2, 0.25) is 0 Å². The monoisotopic (exact) mass is 250 g/mol. The van der Waals surface area contributed by atoms with E-state index in [1.165, 1.54) is 44.5 Å². The maximum absolute atomic E-state index is 5.54. The highest BCUT2D eigenvalue weighted by Crippen LogP contribution is 2.22. The van der Waals surface area contributed by atoms with Crippen LogP contribution in [0.1, 0.15) is 38.3 Å². The fourth-order valence-electron chi connectivity index (χ4n) is 2.83. The summed E-state index contributed by atoms with van der Waals surface area (Å²) in [6, 6.07) is 0. The molecule has 1 fully saturated rings. The number of piperidine rings is 1. The Morgan fingerprint density at radius 3 is 2.83 bits per heavy atom.